The molecule has 0 aliphatic heterocycles. The molecule has 0 saturated heterocycles. The van der Waals surface area contributed by atoms with Gasteiger partial charge in [0.2, 0.25) is 0 Å². The van der Waals surface area contributed by atoms with Gasteiger partial charge in [-0.1, -0.05) is 58.9 Å². The van der Waals surface area contributed by atoms with Crippen LogP contribution in [0.25, 0.3) is 10.9 Å². The first-order chi connectivity index (χ1) is 18.4. The molecule has 5 rings (SSSR count). The van der Waals surface area contributed by atoms with Gasteiger partial charge in [0.05, 0.1) is 24.2 Å². The van der Waals surface area contributed by atoms with Crippen molar-refractivity contribution >= 4 is 44.6 Å². The van der Waals surface area contributed by atoms with Gasteiger partial charge in [-0.05, 0) is 54.8 Å². The predicted molar refractivity (Wildman–Crippen MR) is 151 cm³/mol. The number of fused-ring (bicyclic) bond motifs is 1. The zero-order valence-electron chi connectivity index (χ0n) is 20.8. The Morgan fingerprint density at radius 3 is 2.63 bits per heavy atom. The van der Waals surface area contributed by atoms with Crippen molar-refractivity contribution in [2.24, 2.45) is 5.10 Å². The Bertz CT molecular complexity index is 1550. The molecule has 9 heteroatoms. The van der Waals surface area contributed by atoms with E-state index in [4.69, 9.17) is 26.1 Å². The number of hydrogen-bond donors (Lipinski definition) is 0. The average molecular weight is 599 g/mol. The van der Waals surface area contributed by atoms with Gasteiger partial charge < -0.3 is 9.47 Å². The Labute approximate surface area is 233 Å². The van der Waals surface area contributed by atoms with Crippen LogP contribution in [-0.4, -0.2) is 23.0 Å². The number of halogens is 3. The Morgan fingerprint density at radius 2 is 1.89 bits per heavy atom. The molecule has 4 aromatic rings. The zero-order chi connectivity index (χ0) is 26.6. The van der Waals surface area contributed by atoms with Gasteiger partial charge in [-0.2, -0.15) is 9.78 Å². The number of benzene rings is 3. The molecule has 1 heterocycles. The van der Waals surface area contributed by atoms with E-state index in [0.29, 0.717) is 38.8 Å². The highest BCUT2D eigenvalue weighted by atomic mass is 79.9. The molecule has 0 N–H and O–H groups in total. The lowest BCUT2D eigenvalue weighted by atomic mass is 9.88. The molecular formula is C29H26BrClFN3O3. The topological polar surface area (TPSA) is 65.7 Å². The van der Waals surface area contributed by atoms with Gasteiger partial charge >= 0.3 is 0 Å². The quantitative estimate of drug-likeness (QED) is 0.207. The molecular weight excluding hydrogens is 573 g/mol. The van der Waals surface area contributed by atoms with E-state index in [1.807, 2.05) is 12.1 Å². The number of aromatic nitrogens is 2. The Kier molecular flexibility index (Phi) is 8.09. The van der Waals surface area contributed by atoms with E-state index in [1.54, 1.807) is 36.5 Å². The summed E-state index contributed by atoms with van der Waals surface area (Å²) in [5.74, 6) is 1.31. The molecule has 0 radical (unpaired) electrons. The lowest BCUT2D eigenvalue weighted by molar-refractivity contribution is 0.284. The van der Waals surface area contributed by atoms with E-state index in [2.05, 4.69) is 21.0 Å². The fourth-order valence-corrected chi connectivity index (χ4v) is 5.33. The molecule has 0 spiro atoms. The normalized spacial score (nSPS) is 14.3. The minimum absolute atomic E-state index is 0.143. The molecule has 1 saturated carbocycles. The Hall–Kier alpha value is -3.23. The average Bonchev–Trinajstić information content (AvgIpc) is 2.93. The fraction of sp³-hybridized carbons (Fsp3) is 0.276. The maximum absolute atomic E-state index is 13.7. The van der Waals surface area contributed by atoms with Gasteiger partial charge in [0, 0.05) is 27.0 Å². The maximum Gasteiger partial charge on any atom is 0.282 e. The third-order valence-corrected chi connectivity index (χ3v) is 7.39. The van der Waals surface area contributed by atoms with Crippen LogP contribution in [0.4, 0.5) is 4.39 Å². The SMILES string of the molecule is COc1cc(Cl)cc(C=Nn2c(C3CCCCC3)nc3ccc(Br)cc3c2=O)c1OCc1ccc(F)cc1. The van der Waals surface area contributed by atoms with Crippen LogP contribution in [0.5, 0.6) is 11.5 Å². The zero-order valence-corrected chi connectivity index (χ0v) is 23.1. The van der Waals surface area contributed by atoms with E-state index in [0.717, 1.165) is 35.7 Å². The van der Waals surface area contributed by atoms with Crippen molar-refractivity contribution in [1.82, 2.24) is 9.66 Å². The largest absolute Gasteiger partial charge is 0.493 e. The van der Waals surface area contributed by atoms with E-state index < -0.39 is 0 Å². The van der Waals surface area contributed by atoms with Crippen molar-refractivity contribution in [3.05, 3.63) is 97.2 Å². The molecule has 3 aromatic carbocycles. The van der Waals surface area contributed by atoms with E-state index in [1.165, 1.54) is 30.3 Å². The van der Waals surface area contributed by atoms with Crippen molar-refractivity contribution in [1.29, 1.82) is 0 Å². The second-order valence-corrected chi connectivity index (χ2v) is 10.6. The van der Waals surface area contributed by atoms with Gasteiger partial charge in [-0.3, -0.25) is 4.79 Å². The maximum atomic E-state index is 13.7. The van der Waals surface area contributed by atoms with E-state index >= 15 is 0 Å². The number of nitrogens with zero attached hydrogens (tertiary/aromatic N) is 3. The van der Waals surface area contributed by atoms with Crippen LogP contribution in [0.2, 0.25) is 5.02 Å². The van der Waals surface area contributed by atoms with E-state index in [-0.39, 0.29) is 23.9 Å². The first-order valence-corrected chi connectivity index (χ1v) is 13.6. The second kappa shape index (κ2) is 11.7. The second-order valence-electron chi connectivity index (χ2n) is 9.27. The van der Waals surface area contributed by atoms with Crippen molar-refractivity contribution in [2.45, 2.75) is 44.6 Å². The summed E-state index contributed by atoms with van der Waals surface area (Å²) in [4.78, 5) is 18.5. The third-order valence-electron chi connectivity index (χ3n) is 6.68. The summed E-state index contributed by atoms with van der Waals surface area (Å²) in [5, 5.41) is 5.54. The first-order valence-electron chi connectivity index (χ1n) is 12.4. The lowest BCUT2D eigenvalue weighted by Gasteiger charge is -2.23. The Balaban J connectivity index is 1.58. The molecule has 1 aliphatic carbocycles. The number of ether oxygens (including phenoxy) is 2. The molecule has 0 bridgehead atoms. The van der Waals surface area contributed by atoms with Crippen LogP contribution in [0, 0.1) is 5.82 Å². The number of rotatable bonds is 7. The summed E-state index contributed by atoms with van der Waals surface area (Å²) in [6.45, 7) is 0.179. The number of hydrogen-bond acceptors (Lipinski definition) is 5. The van der Waals surface area contributed by atoms with Crippen LogP contribution in [-0.2, 0) is 6.61 Å². The molecule has 1 fully saturated rings. The van der Waals surface area contributed by atoms with E-state index in [9.17, 15) is 9.18 Å². The van der Waals surface area contributed by atoms with Gasteiger partial charge in [-0.15, -0.1) is 0 Å². The third kappa shape index (κ3) is 5.76. The van der Waals surface area contributed by atoms with Crippen molar-refractivity contribution in [3.63, 3.8) is 0 Å². The van der Waals surface area contributed by atoms with Gasteiger partial charge in [0.1, 0.15) is 18.2 Å². The highest BCUT2D eigenvalue weighted by Gasteiger charge is 2.23. The van der Waals surface area contributed by atoms with Crippen LogP contribution in [0.1, 0.15) is 55.0 Å². The number of methoxy groups -OCH3 is 1. The summed E-state index contributed by atoms with van der Waals surface area (Å²) in [5.41, 5.74) is 1.73. The summed E-state index contributed by atoms with van der Waals surface area (Å²) in [6, 6.07) is 14.9. The van der Waals surface area contributed by atoms with Crippen LogP contribution in [0.3, 0.4) is 0 Å². The summed E-state index contributed by atoms with van der Waals surface area (Å²) >= 11 is 9.83. The molecule has 1 aliphatic rings. The minimum Gasteiger partial charge on any atom is -0.493 e. The molecule has 0 amide bonds. The molecule has 0 unspecified atom stereocenters. The minimum atomic E-state index is -0.319. The van der Waals surface area contributed by atoms with Crippen molar-refractivity contribution < 1.29 is 13.9 Å². The highest BCUT2D eigenvalue weighted by Crippen LogP contribution is 2.35. The van der Waals surface area contributed by atoms with Gasteiger partial charge in [-0.25, -0.2) is 9.37 Å². The highest BCUT2D eigenvalue weighted by molar-refractivity contribution is 9.10. The summed E-state index contributed by atoms with van der Waals surface area (Å²) in [6.07, 6.45) is 6.84. The van der Waals surface area contributed by atoms with Crippen molar-refractivity contribution in [3.8, 4) is 11.5 Å². The van der Waals surface area contributed by atoms with Crippen LogP contribution >= 0.6 is 27.5 Å². The molecule has 38 heavy (non-hydrogen) atoms. The van der Waals surface area contributed by atoms with Gasteiger partial charge in [0.25, 0.3) is 5.56 Å². The van der Waals surface area contributed by atoms with Crippen molar-refractivity contribution in [2.75, 3.05) is 7.11 Å². The fourth-order valence-electron chi connectivity index (χ4n) is 4.75. The lowest BCUT2D eigenvalue weighted by Crippen LogP contribution is -2.25. The van der Waals surface area contributed by atoms with Crippen LogP contribution in [0.15, 0.2) is 69.0 Å². The smallest absolute Gasteiger partial charge is 0.282 e. The van der Waals surface area contributed by atoms with Gasteiger partial charge in [0.15, 0.2) is 11.5 Å². The monoisotopic (exact) mass is 597 g/mol. The summed E-state index contributed by atoms with van der Waals surface area (Å²) in [7, 11) is 1.52. The van der Waals surface area contributed by atoms with Crippen LogP contribution < -0.4 is 15.0 Å². The molecule has 1 aromatic heterocycles. The molecule has 196 valence electrons. The first kappa shape index (κ1) is 26.4. The Morgan fingerprint density at radius 1 is 1.13 bits per heavy atom. The summed E-state index contributed by atoms with van der Waals surface area (Å²) < 4.78 is 27.1. The standard InChI is InChI=1S/C29H26BrClFN3O3/c1-37-26-15-22(31)13-20(27(26)38-17-18-7-10-23(32)11-8-18)16-33-35-28(19-5-3-2-4-6-19)34-25-12-9-21(30)14-24(25)29(35)36/h7-16,19H,2-6,17H2,1H3. The molecule has 6 nitrogen and oxygen atoms in total. The molecule has 0 atom stereocenters. The predicted octanol–water partition coefficient (Wildman–Crippen LogP) is 7.47.